The van der Waals surface area contributed by atoms with Crippen molar-refractivity contribution in [1.29, 1.82) is 0 Å². The lowest BCUT2D eigenvalue weighted by Gasteiger charge is -2.03. The van der Waals surface area contributed by atoms with E-state index in [-0.39, 0.29) is 12.3 Å². The van der Waals surface area contributed by atoms with Crippen LogP contribution in [-0.2, 0) is 4.79 Å². The fraction of sp³-hybridized carbons (Fsp3) is 0.100. The summed E-state index contributed by atoms with van der Waals surface area (Å²) in [6.45, 7) is 3.43. The van der Waals surface area contributed by atoms with Crippen molar-refractivity contribution >= 4 is 27.5 Å². The maximum Gasteiger partial charge on any atom is 0.228 e. The third-order valence-corrected chi connectivity index (χ3v) is 1.93. The quantitative estimate of drug-likeness (QED) is 0.829. The molecule has 0 radical (unpaired) electrons. The minimum atomic E-state index is -0.395. The molecular formula is C10H9BrFNO. The Bertz CT molecular complexity index is 345. The zero-order valence-electron chi connectivity index (χ0n) is 7.39. The van der Waals surface area contributed by atoms with Crippen molar-refractivity contribution in [3.05, 3.63) is 41.1 Å². The van der Waals surface area contributed by atoms with Crippen LogP contribution in [0.3, 0.4) is 0 Å². The first-order valence-electron chi connectivity index (χ1n) is 3.98. The van der Waals surface area contributed by atoms with Gasteiger partial charge in [0.1, 0.15) is 5.82 Å². The monoisotopic (exact) mass is 257 g/mol. The summed E-state index contributed by atoms with van der Waals surface area (Å²) in [5.41, 5.74) is 0.434. The van der Waals surface area contributed by atoms with Gasteiger partial charge in [-0.1, -0.05) is 22.0 Å². The number of carbonyl (C=O) groups is 1. The molecule has 1 rings (SSSR count). The number of nitrogens with one attached hydrogen (secondary N) is 1. The topological polar surface area (TPSA) is 29.1 Å². The van der Waals surface area contributed by atoms with E-state index in [0.717, 1.165) is 0 Å². The van der Waals surface area contributed by atoms with Gasteiger partial charge < -0.3 is 5.32 Å². The Labute approximate surface area is 89.9 Å². The maximum atomic E-state index is 12.9. The van der Waals surface area contributed by atoms with Crippen LogP contribution in [0.25, 0.3) is 0 Å². The average Bonchev–Trinajstić information content (AvgIpc) is 2.01. The van der Waals surface area contributed by atoms with Gasteiger partial charge in [-0.05, 0) is 18.2 Å². The zero-order valence-corrected chi connectivity index (χ0v) is 8.97. The van der Waals surface area contributed by atoms with E-state index < -0.39 is 5.82 Å². The first-order valence-corrected chi connectivity index (χ1v) is 4.78. The number of rotatable bonds is 3. The summed E-state index contributed by atoms with van der Waals surface area (Å²) < 4.78 is 13.5. The Morgan fingerprint density at radius 1 is 1.57 bits per heavy atom. The zero-order chi connectivity index (χ0) is 10.6. The minimum absolute atomic E-state index is 0.211. The Kier molecular flexibility index (Phi) is 3.83. The van der Waals surface area contributed by atoms with Gasteiger partial charge in [0.05, 0.1) is 0 Å². The molecule has 4 heteroatoms. The lowest BCUT2D eigenvalue weighted by atomic mass is 10.3. The van der Waals surface area contributed by atoms with Gasteiger partial charge in [0.2, 0.25) is 5.91 Å². The molecule has 1 amide bonds. The molecule has 1 aromatic carbocycles. The first kappa shape index (κ1) is 10.9. The van der Waals surface area contributed by atoms with Crippen molar-refractivity contribution in [2.75, 3.05) is 5.32 Å². The summed E-state index contributed by atoms with van der Waals surface area (Å²) in [6.07, 6.45) is 1.71. The Morgan fingerprint density at radius 3 is 2.86 bits per heavy atom. The number of amides is 1. The van der Waals surface area contributed by atoms with Crippen LogP contribution >= 0.6 is 15.9 Å². The van der Waals surface area contributed by atoms with Crippen LogP contribution in [0, 0.1) is 5.82 Å². The standard InChI is InChI=1S/C10H9BrFNO/c1-2-3-10(14)13-9-5-7(11)4-8(12)6-9/h2,4-6H,1,3H2,(H,13,14). The van der Waals surface area contributed by atoms with Crippen LogP contribution in [0.15, 0.2) is 35.3 Å². The highest BCUT2D eigenvalue weighted by atomic mass is 79.9. The molecule has 1 aromatic rings. The van der Waals surface area contributed by atoms with E-state index in [0.29, 0.717) is 10.2 Å². The summed E-state index contributed by atoms with van der Waals surface area (Å²) in [7, 11) is 0. The van der Waals surface area contributed by atoms with Gasteiger partial charge in [-0.3, -0.25) is 4.79 Å². The molecule has 0 bridgehead atoms. The summed E-state index contributed by atoms with van der Waals surface area (Å²) in [4.78, 5) is 11.1. The van der Waals surface area contributed by atoms with Gasteiger partial charge in [-0.2, -0.15) is 0 Å². The largest absolute Gasteiger partial charge is 0.326 e. The van der Waals surface area contributed by atoms with Crippen molar-refractivity contribution in [3.63, 3.8) is 0 Å². The summed E-state index contributed by atoms with van der Waals surface area (Å²) in [5.74, 6) is -0.606. The third-order valence-electron chi connectivity index (χ3n) is 1.48. The van der Waals surface area contributed by atoms with E-state index in [1.807, 2.05) is 0 Å². The summed E-state index contributed by atoms with van der Waals surface area (Å²) in [5, 5.41) is 2.54. The molecule has 0 aliphatic rings. The van der Waals surface area contributed by atoms with Crippen molar-refractivity contribution in [1.82, 2.24) is 0 Å². The van der Waals surface area contributed by atoms with Gasteiger partial charge in [0.15, 0.2) is 0 Å². The molecule has 0 unspecified atom stereocenters. The second-order valence-electron chi connectivity index (χ2n) is 2.70. The molecule has 2 nitrogen and oxygen atoms in total. The number of benzene rings is 1. The van der Waals surface area contributed by atoms with Gasteiger partial charge in [0.25, 0.3) is 0 Å². The van der Waals surface area contributed by atoms with Crippen LogP contribution in [0.5, 0.6) is 0 Å². The van der Waals surface area contributed by atoms with E-state index in [4.69, 9.17) is 0 Å². The second kappa shape index (κ2) is 4.91. The van der Waals surface area contributed by atoms with Gasteiger partial charge >= 0.3 is 0 Å². The molecular weight excluding hydrogens is 249 g/mol. The van der Waals surface area contributed by atoms with Crippen molar-refractivity contribution in [2.24, 2.45) is 0 Å². The molecule has 0 saturated carbocycles. The SMILES string of the molecule is C=CCC(=O)Nc1cc(F)cc(Br)c1. The lowest BCUT2D eigenvalue weighted by Crippen LogP contribution is -2.09. The number of anilines is 1. The molecule has 0 atom stereocenters. The highest BCUT2D eigenvalue weighted by Gasteiger charge is 2.02. The van der Waals surface area contributed by atoms with Crippen LogP contribution in [0.2, 0.25) is 0 Å². The molecule has 0 aliphatic heterocycles. The smallest absolute Gasteiger partial charge is 0.228 e. The van der Waals surface area contributed by atoms with Gasteiger partial charge in [0, 0.05) is 16.6 Å². The lowest BCUT2D eigenvalue weighted by molar-refractivity contribution is -0.115. The molecule has 14 heavy (non-hydrogen) atoms. The Morgan fingerprint density at radius 2 is 2.29 bits per heavy atom. The number of hydrogen-bond acceptors (Lipinski definition) is 1. The summed E-state index contributed by atoms with van der Waals surface area (Å²) >= 11 is 3.13. The highest BCUT2D eigenvalue weighted by Crippen LogP contribution is 2.18. The first-order chi connectivity index (χ1) is 6.61. The number of halogens is 2. The normalized spacial score (nSPS) is 9.57. The van der Waals surface area contributed by atoms with Crippen molar-refractivity contribution in [3.8, 4) is 0 Å². The molecule has 0 fully saturated rings. The maximum absolute atomic E-state index is 12.9. The van der Waals surface area contributed by atoms with Crippen LogP contribution in [0.4, 0.5) is 10.1 Å². The van der Waals surface area contributed by atoms with Gasteiger partial charge in [-0.15, -0.1) is 6.58 Å². The Balaban J connectivity index is 2.76. The van der Waals surface area contributed by atoms with E-state index in [1.165, 1.54) is 18.2 Å². The van der Waals surface area contributed by atoms with Crippen LogP contribution in [0.1, 0.15) is 6.42 Å². The molecule has 0 aliphatic carbocycles. The van der Waals surface area contributed by atoms with E-state index in [9.17, 15) is 9.18 Å². The summed E-state index contributed by atoms with van der Waals surface area (Å²) in [6, 6.07) is 4.21. The molecule has 0 heterocycles. The fourth-order valence-corrected chi connectivity index (χ4v) is 1.43. The molecule has 0 spiro atoms. The highest BCUT2D eigenvalue weighted by molar-refractivity contribution is 9.10. The molecule has 1 N–H and O–H groups in total. The predicted molar refractivity (Wildman–Crippen MR) is 57.5 cm³/mol. The van der Waals surface area contributed by atoms with Crippen LogP contribution < -0.4 is 5.32 Å². The molecule has 0 aromatic heterocycles. The van der Waals surface area contributed by atoms with E-state index in [1.54, 1.807) is 6.07 Å². The predicted octanol–water partition coefficient (Wildman–Crippen LogP) is 3.10. The minimum Gasteiger partial charge on any atom is -0.326 e. The number of hydrogen-bond donors (Lipinski definition) is 1. The van der Waals surface area contributed by atoms with Crippen molar-refractivity contribution in [2.45, 2.75) is 6.42 Å². The number of carbonyl (C=O) groups excluding carboxylic acids is 1. The fourth-order valence-electron chi connectivity index (χ4n) is 0.969. The van der Waals surface area contributed by atoms with Crippen molar-refractivity contribution < 1.29 is 9.18 Å². The van der Waals surface area contributed by atoms with E-state index in [2.05, 4.69) is 27.8 Å². The molecule has 74 valence electrons. The van der Waals surface area contributed by atoms with E-state index >= 15 is 0 Å². The Hall–Kier alpha value is -1.16. The molecule has 0 saturated heterocycles. The third kappa shape index (κ3) is 3.30. The van der Waals surface area contributed by atoms with Gasteiger partial charge in [-0.25, -0.2) is 4.39 Å². The van der Waals surface area contributed by atoms with Crippen LogP contribution in [-0.4, -0.2) is 5.91 Å². The average molecular weight is 258 g/mol. The second-order valence-corrected chi connectivity index (χ2v) is 3.61.